The number of hydrogen-bond donors (Lipinski definition) is 2. The molecule has 0 aliphatic carbocycles. The van der Waals surface area contributed by atoms with Gasteiger partial charge in [0.15, 0.2) is 0 Å². The number of anilines is 1. The van der Waals surface area contributed by atoms with Crippen LogP contribution in [-0.2, 0) is 0 Å². The molecular formula is C13H20N2O2. The first-order valence-electron chi connectivity index (χ1n) is 6.04. The summed E-state index contributed by atoms with van der Waals surface area (Å²) in [5.74, 6) is -0.997. The number of aromatic nitrogens is 1. The first-order chi connectivity index (χ1) is 8.06. The third-order valence-electron chi connectivity index (χ3n) is 3.42. The van der Waals surface area contributed by atoms with E-state index in [1.54, 1.807) is 6.07 Å². The molecule has 0 atom stereocenters. The van der Waals surface area contributed by atoms with Crippen molar-refractivity contribution in [2.24, 2.45) is 0 Å². The summed E-state index contributed by atoms with van der Waals surface area (Å²) in [6, 6.07) is 3.39. The Bertz CT molecular complexity index is 378. The number of carboxylic acids is 1. The Morgan fingerprint density at radius 2 is 1.94 bits per heavy atom. The third-order valence-corrected chi connectivity index (χ3v) is 3.42. The van der Waals surface area contributed by atoms with E-state index in [1.807, 2.05) is 6.07 Å². The molecule has 0 aliphatic rings. The van der Waals surface area contributed by atoms with Crippen molar-refractivity contribution < 1.29 is 9.90 Å². The van der Waals surface area contributed by atoms with Crippen LogP contribution in [0.25, 0.3) is 0 Å². The van der Waals surface area contributed by atoms with Gasteiger partial charge in [-0.1, -0.05) is 20.8 Å². The Hall–Kier alpha value is -1.58. The highest BCUT2D eigenvalue weighted by atomic mass is 16.4. The average Bonchev–Trinajstić information content (AvgIpc) is 2.36. The quantitative estimate of drug-likeness (QED) is 0.796. The van der Waals surface area contributed by atoms with Crippen LogP contribution in [0, 0.1) is 0 Å². The topological polar surface area (TPSA) is 62.2 Å². The van der Waals surface area contributed by atoms with Gasteiger partial charge in [-0.3, -0.25) is 0 Å². The van der Waals surface area contributed by atoms with E-state index in [0.717, 1.165) is 24.9 Å². The van der Waals surface area contributed by atoms with Gasteiger partial charge in [-0.05, 0) is 31.4 Å². The number of carboxylic acid groups (broad SMARTS) is 1. The molecule has 17 heavy (non-hydrogen) atoms. The second kappa shape index (κ2) is 5.66. The van der Waals surface area contributed by atoms with Crippen molar-refractivity contribution in [2.45, 2.75) is 45.6 Å². The zero-order valence-corrected chi connectivity index (χ0v) is 10.7. The highest BCUT2D eigenvalue weighted by molar-refractivity contribution is 5.86. The van der Waals surface area contributed by atoms with Gasteiger partial charge in [0.1, 0.15) is 5.69 Å². The standard InChI is InChI=1S/C13H20N2O2/c1-4-13(5-2,6-3)15-10-7-8-14-11(9-10)12(16)17/h7-9H,4-6H2,1-3H3,(H,14,15)(H,16,17). The summed E-state index contributed by atoms with van der Waals surface area (Å²) in [6.45, 7) is 6.41. The minimum Gasteiger partial charge on any atom is -0.477 e. The van der Waals surface area contributed by atoms with E-state index in [1.165, 1.54) is 6.20 Å². The van der Waals surface area contributed by atoms with Gasteiger partial charge in [-0.15, -0.1) is 0 Å². The van der Waals surface area contributed by atoms with Crippen LogP contribution in [0.15, 0.2) is 18.3 Å². The fourth-order valence-corrected chi connectivity index (χ4v) is 1.95. The molecule has 0 fully saturated rings. The predicted octanol–water partition coefficient (Wildman–Crippen LogP) is 3.16. The molecule has 4 nitrogen and oxygen atoms in total. The third kappa shape index (κ3) is 3.19. The molecule has 0 aliphatic heterocycles. The number of hydrogen-bond acceptors (Lipinski definition) is 3. The Morgan fingerprint density at radius 1 is 1.35 bits per heavy atom. The summed E-state index contributed by atoms with van der Waals surface area (Å²) in [7, 11) is 0. The Morgan fingerprint density at radius 3 is 2.41 bits per heavy atom. The molecule has 1 aromatic heterocycles. The van der Waals surface area contributed by atoms with E-state index in [9.17, 15) is 4.79 Å². The summed E-state index contributed by atoms with van der Waals surface area (Å²) >= 11 is 0. The van der Waals surface area contributed by atoms with Gasteiger partial charge in [0.2, 0.25) is 0 Å². The number of aromatic carboxylic acids is 1. The molecule has 0 saturated carbocycles. The van der Waals surface area contributed by atoms with Crippen molar-refractivity contribution in [2.75, 3.05) is 5.32 Å². The fraction of sp³-hybridized carbons (Fsp3) is 0.538. The number of nitrogens with one attached hydrogen (secondary N) is 1. The van der Waals surface area contributed by atoms with Gasteiger partial charge in [-0.25, -0.2) is 9.78 Å². The van der Waals surface area contributed by atoms with E-state index in [2.05, 4.69) is 31.1 Å². The van der Waals surface area contributed by atoms with Crippen LogP contribution in [0.5, 0.6) is 0 Å². The molecule has 4 heteroatoms. The summed E-state index contributed by atoms with van der Waals surface area (Å²) in [5.41, 5.74) is 0.937. The zero-order chi connectivity index (χ0) is 12.9. The minimum absolute atomic E-state index is 0.0388. The maximum atomic E-state index is 10.8. The molecular weight excluding hydrogens is 216 g/mol. The van der Waals surface area contributed by atoms with Crippen LogP contribution < -0.4 is 5.32 Å². The van der Waals surface area contributed by atoms with E-state index in [-0.39, 0.29) is 11.2 Å². The van der Waals surface area contributed by atoms with Crippen LogP contribution in [-0.4, -0.2) is 21.6 Å². The fourth-order valence-electron chi connectivity index (χ4n) is 1.95. The maximum absolute atomic E-state index is 10.8. The summed E-state index contributed by atoms with van der Waals surface area (Å²) in [4.78, 5) is 14.6. The summed E-state index contributed by atoms with van der Waals surface area (Å²) < 4.78 is 0. The van der Waals surface area contributed by atoms with Gasteiger partial charge < -0.3 is 10.4 Å². The Balaban J connectivity index is 2.93. The van der Waals surface area contributed by atoms with Crippen LogP contribution in [0.1, 0.15) is 50.5 Å². The van der Waals surface area contributed by atoms with Crippen molar-refractivity contribution in [3.05, 3.63) is 24.0 Å². The molecule has 0 amide bonds. The van der Waals surface area contributed by atoms with E-state index >= 15 is 0 Å². The summed E-state index contributed by atoms with van der Waals surface area (Å²) in [5, 5.41) is 12.3. The van der Waals surface area contributed by atoms with Crippen molar-refractivity contribution >= 4 is 11.7 Å². The molecule has 0 unspecified atom stereocenters. The molecule has 0 bridgehead atoms. The molecule has 94 valence electrons. The minimum atomic E-state index is -0.997. The zero-order valence-electron chi connectivity index (χ0n) is 10.7. The van der Waals surface area contributed by atoms with Gasteiger partial charge in [-0.2, -0.15) is 0 Å². The van der Waals surface area contributed by atoms with Gasteiger partial charge in [0, 0.05) is 17.4 Å². The van der Waals surface area contributed by atoms with E-state index in [0.29, 0.717) is 0 Å². The number of pyridine rings is 1. The molecule has 0 saturated heterocycles. The largest absolute Gasteiger partial charge is 0.477 e. The molecule has 2 N–H and O–H groups in total. The number of carbonyl (C=O) groups is 1. The lowest BCUT2D eigenvalue weighted by molar-refractivity contribution is 0.0690. The molecule has 1 rings (SSSR count). The lowest BCUT2D eigenvalue weighted by Crippen LogP contribution is -2.36. The second-order valence-electron chi connectivity index (χ2n) is 4.20. The van der Waals surface area contributed by atoms with Crippen LogP contribution in [0.2, 0.25) is 0 Å². The van der Waals surface area contributed by atoms with Crippen molar-refractivity contribution in [3.63, 3.8) is 0 Å². The lowest BCUT2D eigenvalue weighted by Gasteiger charge is -2.33. The number of rotatable bonds is 6. The smallest absolute Gasteiger partial charge is 0.354 e. The molecule has 0 radical (unpaired) electrons. The highest BCUT2D eigenvalue weighted by Crippen LogP contribution is 2.25. The average molecular weight is 236 g/mol. The normalized spacial score (nSPS) is 11.2. The van der Waals surface area contributed by atoms with E-state index < -0.39 is 5.97 Å². The van der Waals surface area contributed by atoms with Crippen LogP contribution in [0.4, 0.5) is 5.69 Å². The second-order valence-corrected chi connectivity index (χ2v) is 4.20. The van der Waals surface area contributed by atoms with Crippen molar-refractivity contribution in [1.82, 2.24) is 4.98 Å². The Labute approximate surface area is 102 Å². The maximum Gasteiger partial charge on any atom is 0.354 e. The van der Waals surface area contributed by atoms with Crippen molar-refractivity contribution in [3.8, 4) is 0 Å². The number of nitrogens with zero attached hydrogens (tertiary/aromatic N) is 1. The first kappa shape index (κ1) is 13.5. The highest BCUT2D eigenvalue weighted by Gasteiger charge is 2.23. The van der Waals surface area contributed by atoms with Crippen LogP contribution >= 0.6 is 0 Å². The molecule has 0 spiro atoms. The predicted molar refractivity (Wildman–Crippen MR) is 68.4 cm³/mol. The van der Waals surface area contributed by atoms with E-state index in [4.69, 9.17) is 5.11 Å². The van der Waals surface area contributed by atoms with Gasteiger partial charge in [0.05, 0.1) is 0 Å². The molecule has 0 aromatic carbocycles. The van der Waals surface area contributed by atoms with Crippen molar-refractivity contribution in [1.29, 1.82) is 0 Å². The Kier molecular flexibility index (Phi) is 4.49. The lowest BCUT2D eigenvalue weighted by atomic mass is 9.89. The summed E-state index contributed by atoms with van der Waals surface area (Å²) in [6.07, 6.45) is 4.54. The monoisotopic (exact) mass is 236 g/mol. The SMILES string of the molecule is CCC(CC)(CC)Nc1ccnc(C(=O)O)c1. The van der Waals surface area contributed by atoms with Crippen LogP contribution in [0.3, 0.4) is 0 Å². The first-order valence-corrected chi connectivity index (χ1v) is 6.04. The van der Waals surface area contributed by atoms with Gasteiger partial charge >= 0.3 is 5.97 Å². The molecule has 1 heterocycles. The molecule has 1 aromatic rings. The van der Waals surface area contributed by atoms with Gasteiger partial charge in [0.25, 0.3) is 0 Å².